The highest BCUT2D eigenvalue weighted by Crippen LogP contribution is 2.23. The fourth-order valence-electron chi connectivity index (χ4n) is 2.62. The molecule has 0 aliphatic heterocycles. The van der Waals surface area contributed by atoms with Crippen molar-refractivity contribution in [2.75, 3.05) is 20.3 Å². The molecular formula is C14H28N2O3. The van der Waals surface area contributed by atoms with E-state index in [-0.39, 0.29) is 30.7 Å². The summed E-state index contributed by atoms with van der Waals surface area (Å²) in [7, 11) is 1.66. The number of carbonyl (C=O) groups excluding carboxylic acids is 1. The lowest BCUT2D eigenvalue weighted by atomic mass is 9.85. The first-order valence-electron chi connectivity index (χ1n) is 7.26. The van der Waals surface area contributed by atoms with E-state index in [1.807, 2.05) is 0 Å². The monoisotopic (exact) mass is 272 g/mol. The number of ether oxygens (including phenoxy) is 1. The molecule has 1 rings (SSSR count). The number of carbonyl (C=O) groups is 1. The first-order valence-corrected chi connectivity index (χ1v) is 7.26. The number of methoxy groups -OCH3 is 1. The third kappa shape index (κ3) is 5.37. The molecule has 0 aromatic carbocycles. The molecule has 0 bridgehead atoms. The number of nitrogens with one attached hydrogen (secondary N) is 2. The summed E-state index contributed by atoms with van der Waals surface area (Å²) in [6.07, 6.45) is 4.24. The Morgan fingerprint density at radius 1 is 1.37 bits per heavy atom. The Labute approximate surface area is 116 Å². The SMILES string of the molecule is COC(CNC(=O)NC1CCCCC1CO)C(C)C. The van der Waals surface area contributed by atoms with Gasteiger partial charge in [-0.1, -0.05) is 26.7 Å². The van der Waals surface area contributed by atoms with E-state index in [1.54, 1.807) is 7.11 Å². The highest BCUT2D eigenvalue weighted by atomic mass is 16.5. The van der Waals surface area contributed by atoms with E-state index in [0.29, 0.717) is 12.5 Å². The van der Waals surface area contributed by atoms with E-state index >= 15 is 0 Å². The second-order valence-electron chi connectivity index (χ2n) is 5.71. The zero-order chi connectivity index (χ0) is 14.3. The van der Waals surface area contributed by atoms with E-state index in [4.69, 9.17) is 4.74 Å². The Hall–Kier alpha value is -0.810. The minimum atomic E-state index is -0.159. The number of amides is 2. The second-order valence-corrected chi connectivity index (χ2v) is 5.71. The number of rotatable bonds is 6. The van der Waals surface area contributed by atoms with Crippen LogP contribution in [0.1, 0.15) is 39.5 Å². The van der Waals surface area contributed by atoms with E-state index in [0.717, 1.165) is 25.7 Å². The normalized spacial score (nSPS) is 25.1. The van der Waals surface area contributed by atoms with Crippen LogP contribution in [0.4, 0.5) is 4.79 Å². The average molecular weight is 272 g/mol. The Bertz CT molecular complexity index is 271. The van der Waals surface area contributed by atoms with Crippen molar-refractivity contribution in [3.63, 3.8) is 0 Å². The minimum Gasteiger partial charge on any atom is -0.396 e. The summed E-state index contributed by atoms with van der Waals surface area (Å²) in [6.45, 7) is 4.79. The van der Waals surface area contributed by atoms with Gasteiger partial charge in [-0.05, 0) is 18.8 Å². The summed E-state index contributed by atoms with van der Waals surface area (Å²) in [6, 6.07) is -0.0631. The third-order valence-electron chi connectivity index (χ3n) is 3.97. The Balaban J connectivity index is 2.33. The summed E-state index contributed by atoms with van der Waals surface area (Å²) >= 11 is 0. The first kappa shape index (κ1) is 16.2. The molecule has 1 aliphatic carbocycles. The largest absolute Gasteiger partial charge is 0.396 e. The van der Waals surface area contributed by atoms with Gasteiger partial charge in [0, 0.05) is 32.2 Å². The summed E-state index contributed by atoms with van der Waals surface area (Å²) in [4.78, 5) is 11.9. The standard InChI is InChI=1S/C14H28N2O3/c1-10(2)13(19-3)8-15-14(18)16-12-7-5-4-6-11(12)9-17/h10-13,17H,4-9H2,1-3H3,(H2,15,16,18). The van der Waals surface area contributed by atoms with Crippen LogP contribution in [-0.2, 0) is 4.74 Å². The molecule has 0 aromatic heterocycles. The number of urea groups is 1. The zero-order valence-electron chi connectivity index (χ0n) is 12.3. The molecule has 0 saturated heterocycles. The Kier molecular flexibility index (Phi) is 7.16. The lowest BCUT2D eigenvalue weighted by molar-refractivity contribution is 0.0662. The van der Waals surface area contributed by atoms with Crippen molar-refractivity contribution in [3.8, 4) is 0 Å². The lowest BCUT2D eigenvalue weighted by Gasteiger charge is -2.31. The topological polar surface area (TPSA) is 70.6 Å². The quantitative estimate of drug-likeness (QED) is 0.686. The van der Waals surface area contributed by atoms with Crippen LogP contribution in [0.15, 0.2) is 0 Å². The van der Waals surface area contributed by atoms with Crippen molar-refractivity contribution in [3.05, 3.63) is 0 Å². The molecule has 0 radical (unpaired) electrons. The maximum absolute atomic E-state index is 11.9. The lowest BCUT2D eigenvalue weighted by Crippen LogP contribution is -2.49. The molecule has 1 aliphatic rings. The van der Waals surface area contributed by atoms with Crippen LogP contribution in [0.2, 0.25) is 0 Å². The van der Waals surface area contributed by atoms with Crippen molar-refractivity contribution in [1.82, 2.24) is 10.6 Å². The van der Waals surface area contributed by atoms with Crippen molar-refractivity contribution in [1.29, 1.82) is 0 Å². The van der Waals surface area contributed by atoms with Gasteiger partial charge in [-0.25, -0.2) is 4.79 Å². The van der Waals surface area contributed by atoms with Crippen LogP contribution in [-0.4, -0.2) is 43.5 Å². The van der Waals surface area contributed by atoms with Crippen LogP contribution < -0.4 is 10.6 Å². The summed E-state index contributed by atoms with van der Waals surface area (Å²) in [5.74, 6) is 0.563. The number of hydrogen-bond donors (Lipinski definition) is 3. The molecule has 0 aromatic rings. The van der Waals surface area contributed by atoms with E-state index in [2.05, 4.69) is 24.5 Å². The third-order valence-corrected chi connectivity index (χ3v) is 3.97. The molecule has 19 heavy (non-hydrogen) atoms. The fraction of sp³-hybridized carbons (Fsp3) is 0.929. The van der Waals surface area contributed by atoms with Crippen LogP contribution >= 0.6 is 0 Å². The van der Waals surface area contributed by atoms with Gasteiger partial charge in [-0.15, -0.1) is 0 Å². The Morgan fingerprint density at radius 2 is 2.05 bits per heavy atom. The molecule has 3 N–H and O–H groups in total. The predicted octanol–water partition coefficient (Wildman–Crippen LogP) is 1.51. The molecule has 3 atom stereocenters. The van der Waals surface area contributed by atoms with Crippen molar-refractivity contribution in [2.45, 2.75) is 51.7 Å². The second kappa shape index (κ2) is 8.38. The van der Waals surface area contributed by atoms with Gasteiger partial charge in [-0.2, -0.15) is 0 Å². The number of aliphatic hydroxyl groups is 1. The van der Waals surface area contributed by atoms with E-state index < -0.39 is 0 Å². The molecule has 112 valence electrons. The predicted molar refractivity (Wildman–Crippen MR) is 75.0 cm³/mol. The van der Waals surface area contributed by atoms with Crippen LogP contribution in [0, 0.1) is 11.8 Å². The Morgan fingerprint density at radius 3 is 2.63 bits per heavy atom. The van der Waals surface area contributed by atoms with Crippen molar-refractivity contribution < 1.29 is 14.6 Å². The maximum atomic E-state index is 11.9. The zero-order valence-corrected chi connectivity index (χ0v) is 12.3. The minimum absolute atomic E-state index is 0.0331. The summed E-state index contributed by atoms with van der Waals surface area (Å²) < 4.78 is 5.31. The molecule has 1 fully saturated rings. The fourth-order valence-corrected chi connectivity index (χ4v) is 2.62. The van der Waals surface area contributed by atoms with Gasteiger partial charge in [-0.3, -0.25) is 0 Å². The molecule has 1 saturated carbocycles. The van der Waals surface area contributed by atoms with Crippen molar-refractivity contribution >= 4 is 6.03 Å². The van der Waals surface area contributed by atoms with Gasteiger partial charge >= 0.3 is 6.03 Å². The smallest absolute Gasteiger partial charge is 0.315 e. The molecule has 2 amide bonds. The molecular weight excluding hydrogens is 244 g/mol. The van der Waals surface area contributed by atoms with Gasteiger partial charge in [0.05, 0.1) is 6.10 Å². The van der Waals surface area contributed by atoms with Gasteiger partial charge in [0.15, 0.2) is 0 Å². The molecule has 0 heterocycles. The van der Waals surface area contributed by atoms with E-state index in [9.17, 15) is 9.90 Å². The van der Waals surface area contributed by atoms with Crippen LogP contribution in [0.3, 0.4) is 0 Å². The molecule has 5 heteroatoms. The highest BCUT2D eigenvalue weighted by Gasteiger charge is 2.26. The van der Waals surface area contributed by atoms with Gasteiger partial charge in [0.2, 0.25) is 0 Å². The summed E-state index contributed by atoms with van der Waals surface area (Å²) in [5, 5.41) is 15.1. The first-order chi connectivity index (χ1) is 9.08. The molecule has 0 spiro atoms. The molecule has 3 unspecified atom stereocenters. The number of aliphatic hydroxyl groups excluding tert-OH is 1. The van der Waals surface area contributed by atoms with Crippen LogP contribution in [0.25, 0.3) is 0 Å². The maximum Gasteiger partial charge on any atom is 0.315 e. The van der Waals surface area contributed by atoms with Gasteiger partial charge in [0.1, 0.15) is 0 Å². The van der Waals surface area contributed by atoms with Gasteiger partial charge in [0.25, 0.3) is 0 Å². The van der Waals surface area contributed by atoms with Gasteiger partial charge < -0.3 is 20.5 Å². The highest BCUT2D eigenvalue weighted by molar-refractivity contribution is 5.74. The average Bonchev–Trinajstić information content (AvgIpc) is 2.39. The number of hydrogen-bond acceptors (Lipinski definition) is 3. The van der Waals surface area contributed by atoms with E-state index in [1.165, 1.54) is 0 Å². The summed E-state index contributed by atoms with van der Waals surface area (Å²) in [5.41, 5.74) is 0. The molecule has 5 nitrogen and oxygen atoms in total. The van der Waals surface area contributed by atoms with Crippen molar-refractivity contribution in [2.24, 2.45) is 11.8 Å². The van der Waals surface area contributed by atoms with Crippen LogP contribution in [0.5, 0.6) is 0 Å².